The maximum absolute atomic E-state index is 13.1. The Balaban J connectivity index is 0.00000336. The number of anilines is 2. The van der Waals surface area contributed by atoms with E-state index >= 15 is 0 Å². The third-order valence-corrected chi connectivity index (χ3v) is 8.26. The van der Waals surface area contributed by atoms with Gasteiger partial charge < -0.3 is 14.4 Å². The lowest BCUT2D eigenvalue weighted by Crippen LogP contribution is -2.54. The SMILES string of the molecule is C[C@H]1CN(c2ccc(S(=O)(=O)Nc3ccncn3)cc2)CCN1C(=O)CCn1ccc2cccc(Cl)c21.[HH]. The minimum absolute atomic E-state index is 0. The van der Waals surface area contributed by atoms with Crippen molar-refractivity contribution in [1.29, 1.82) is 0 Å². The average molecular weight is 541 g/mol. The topological polar surface area (TPSA) is 100 Å². The Hall–Kier alpha value is -3.63. The van der Waals surface area contributed by atoms with Gasteiger partial charge >= 0.3 is 0 Å². The highest BCUT2D eigenvalue weighted by Crippen LogP contribution is 2.26. The van der Waals surface area contributed by atoms with Crippen molar-refractivity contribution in [3.8, 4) is 0 Å². The van der Waals surface area contributed by atoms with Crippen LogP contribution in [-0.2, 0) is 21.4 Å². The van der Waals surface area contributed by atoms with Crippen molar-refractivity contribution in [3.05, 3.63) is 78.3 Å². The number of carbonyl (C=O) groups is 1. The summed E-state index contributed by atoms with van der Waals surface area (Å²) < 4.78 is 29.8. The third kappa shape index (κ3) is 5.40. The van der Waals surface area contributed by atoms with E-state index in [9.17, 15) is 13.2 Å². The summed E-state index contributed by atoms with van der Waals surface area (Å²) in [5.74, 6) is 0.319. The summed E-state index contributed by atoms with van der Waals surface area (Å²) in [6, 6.07) is 16.1. The molecule has 11 heteroatoms. The van der Waals surface area contributed by atoms with Crippen molar-refractivity contribution in [2.75, 3.05) is 29.3 Å². The third-order valence-electron chi connectivity index (χ3n) is 6.59. The van der Waals surface area contributed by atoms with Crippen molar-refractivity contribution in [2.24, 2.45) is 0 Å². The molecule has 1 atom stereocenters. The molecule has 1 fully saturated rings. The monoisotopic (exact) mass is 540 g/mol. The summed E-state index contributed by atoms with van der Waals surface area (Å²) in [7, 11) is -3.76. The van der Waals surface area contributed by atoms with Crippen LogP contribution in [0.3, 0.4) is 0 Å². The molecule has 1 N–H and O–H groups in total. The number of nitrogens with zero attached hydrogens (tertiary/aromatic N) is 5. The molecule has 4 aromatic rings. The molecule has 0 aliphatic carbocycles. The predicted molar refractivity (Wildman–Crippen MR) is 146 cm³/mol. The summed E-state index contributed by atoms with van der Waals surface area (Å²) in [6.07, 6.45) is 5.12. The second-order valence-corrected chi connectivity index (χ2v) is 11.1. The van der Waals surface area contributed by atoms with Crippen LogP contribution in [0.25, 0.3) is 10.9 Å². The summed E-state index contributed by atoms with van der Waals surface area (Å²) >= 11 is 6.37. The number of piperazine rings is 1. The van der Waals surface area contributed by atoms with Gasteiger partial charge in [-0.05, 0) is 49.4 Å². The number of nitrogens with one attached hydrogen (secondary N) is 1. The van der Waals surface area contributed by atoms with E-state index in [1.165, 1.54) is 18.6 Å². The average Bonchev–Trinajstić information content (AvgIpc) is 3.32. The molecule has 1 amide bonds. The number of hydrogen-bond donors (Lipinski definition) is 1. The van der Waals surface area contributed by atoms with Gasteiger partial charge in [-0.3, -0.25) is 9.52 Å². The minimum Gasteiger partial charge on any atom is -0.368 e. The molecule has 1 aliphatic rings. The number of hydrogen-bond acceptors (Lipinski definition) is 6. The van der Waals surface area contributed by atoms with Crippen LogP contribution in [-0.4, -0.2) is 59.4 Å². The Morgan fingerprint density at radius 3 is 2.68 bits per heavy atom. The van der Waals surface area contributed by atoms with Crippen LogP contribution in [0.5, 0.6) is 0 Å². The highest BCUT2D eigenvalue weighted by molar-refractivity contribution is 7.92. The zero-order valence-electron chi connectivity index (χ0n) is 20.3. The van der Waals surface area contributed by atoms with Crippen molar-refractivity contribution < 1.29 is 14.6 Å². The number of carbonyl (C=O) groups excluding carboxylic acids is 1. The standard InChI is InChI=1S/C26H27ClN6O3S.H2/c1-19-17-32(21-5-7-22(8-6-21)37(35,36)30-24-9-12-28-18-29-24)15-16-33(19)25(34)11-14-31-13-10-20-3-2-4-23(27)26(20)31;/h2-10,12-13,18-19H,11,14-17H2,1H3,(H,28,29,30);1H/t19-;/m0./s1. The first-order valence-electron chi connectivity index (χ1n) is 12.0. The number of sulfonamides is 1. The molecule has 0 bridgehead atoms. The lowest BCUT2D eigenvalue weighted by Gasteiger charge is -2.41. The Morgan fingerprint density at radius 2 is 1.95 bits per heavy atom. The molecule has 0 saturated carbocycles. The summed E-state index contributed by atoms with van der Waals surface area (Å²) in [5.41, 5.74) is 1.86. The van der Waals surface area contributed by atoms with Gasteiger partial charge in [0.25, 0.3) is 10.0 Å². The van der Waals surface area contributed by atoms with Gasteiger partial charge in [0.05, 0.1) is 15.4 Å². The number of para-hydroxylation sites is 1. The van der Waals surface area contributed by atoms with Crippen molar-refractivity contribution in [3.63, 3.8) is 0 Å². The van der Waals surface area contributed by atoms with Gasteiger partial charge in [0.1, 0.15) is 12.1 Å². The Bertz CT molecular complexity index is 1520. The molecule has 37 heavy (non-hydrogen) atoms. The van der Waals surface area contributed by atoms with Gasteiger partial charge in [-0.1, -0.05) is 23.7 Å². The maximum Gasteiger partial charge on any atom is 0.263 e. The molecule has 1 saturated heterocycles. The first-order chi connectivity index (χ1) is 17.8. The molecule has 3 heterocycles. The van der Waals surface area contributed by atoms with Gasteiger partial charge in [-0.15, -0.1) is 0 Å². The molecule has 2 aromatic carbocycles. The second kappa shape index (κ2) is 10.4. The van der Waals surface area contributed by atoms with E-state index in [2.05, 4.69) is 19.6 Å². The van der Waals surface area contributed by atoms with E-state index in [4.69, 9.17) is 11.6 Å². The fraction of sp³-hybridized carbons (Fsp3) is 0.269. The molecule has 1 aliphatic heterocycles. The van der Waals surface area contributed by atoms with E-state index in [1.54, 1.807) is 24.3 Å². The van der Waals surface area contributed by atoms with Crippen LogP contribution in [0.2, 0.25) is 5.02 Å². The van der Waals surface area contributed by atoms with Crippen molar-refractivity contribution in [2.45, 2.75) is 30.8 Å². The van der Waals surface area contributed by atoms with Crippen LogP contribution in [0.4, 0.5) is 11.5 Å². The largest absolute Gasteiger partial charge is 0.368 e. The van der Waals surface area contributed by atoms with Crippen LogP contribution < -0.4 is 9.62 Å². The summed E-state index contributed by atoms with van der Waals surface area (Å²) in [4.78, 5) is 25.0. The minimum atomic E-state index is -3.76. The number of fused-ring (bicyclic) bond motifs is 1. The van der Waals surface area contributed by atoms with E-state index in [0.717, 1.165) is 16.6 Å². The zero-order valence-corrected chi connectivity index (χ0v) is 21.9. The number of aromatic nitrogens is 3. The highest BCUT2D eigenvalue weighted by Gasteiger charge is 2.27. The summed E-state index contributed by atoms with van der Waals surface area (Å²) in [5, 5.41) is 1.74. The molecule has 0 spiro atoms. The molecular weight excluding hydrogens is 512 g/mol. The van der Waals surface area contributed by atoms with Crippen molar-refractivity contribution in [1.82, 2.24) is 19.4 Å². The second-order valence-electron chi connectivity index (χ2n) is 9.01. The predicted octanol–water partition coefficient (Wildman–Crippen LogP) is 4.26. The Kier molecular flexibility index (Phi) is 7.03. The molecule has 0 radical (unpaired) electrons. The normalized spacial score (nSPS) is 16.2. The Morgan fingerprint density at radius 1 is 1.14 bits per heavy atom. The number of benzene rings is 2. The molecule has 9 nitrogen and oxygen atoms in total. The number of rotatable bonds is 7. The molecule has 194 valence electrons. The maximum atomic E-state index is 13.1. The summed E-state index contributed by atoms with van der Waals surface area (Å²) in [6.45, 7) is 4.53. The quantitative estimate of drug-likeness (QED) is 0.376. The van der Waals surface area contributed by atoms with E-state index in [1.807, 2.05) is 46.9 Å². The molecular formula is C26H29ClN6O3S. The van der Waals surface area contributed by atoms with E-state index < -0.39 is 10.0 Å². The van der Waals surface area contributed by atoms with Crippen LogP contribution in [0.15, 0.2) is 78.2 Å². The molecule has 0 unspecified atom stereocenters. The first-order valence-corrected chi connectivity index (χ1v) is 13.8. The van der Waals surface area contributed by atoms with Crippen LogP contribution >= 0.6 is 11.6 Å². The van der Waals surface area contributed by atoms with Gasteiger partial charge in [0.2, 0.25) is 5.91 Å². The van der Waals surface area contributed by atoms with E-state index in [0.29, 0.717) is 37.6 Å². The van der Waals surface area contributed by atoms with E-state index in [-0.39, 0.29) is 24.1 Å². The van der Waals surface area contributed by atoms with Gasteiger partial charge in [0.15, 0.2) is 0 Å². The number of aryl methyl sites for hydroxylation is 1. The van der Waals surface area contributed by atoms with Gasteiger partial charge in [0, 0.05) is 63.5 Å². The fourth-order valence-electron chi connectivity index (χ4n) is 4.71. The van der Waals surface area contributed by atoms with Gasteiger partial charge in [-0.2, -0.15) is 0 Å². The lowest BCUT2D eigenvalue weighted by atomic mass is 10.1. The lowest BCUT2D eigenvalue weighted by molar-refractivity contribution is -0.133. The number of amides is 1. The first kappa shape index (κ1) is 25.0. The van der Waals surface area contributed by atoms with Gasteiger partial charge in [-0.25, -0.2) is 18.4 Å². The zero-order chi connectivity index (χ0) is 26.0. The highest BCUT2D eigenvalue weighted by atomic mass is 35.5. The molecule has 5 rings (SSSR count). The Labute approximate surface area is 222 Å². The van der Waals surface area contributed by atoms with Crippen molar-refractivity contribution >= 4 is 49.9 Å². The van der Waals surface area contributed by atoms with Crippen LogP contribution in [0.1, 0.15) is 14.8 Å². The fourth-order valence-corrected chi connectivity index (χ4v) is 6.01. The van der Waals surface area contributed by atoms with Crippen LogP contribution in [0, 0.1) is 0 Å². The smallest absolute Gasteiger partial charge is 0.263 e. The molecule has 2 aromatic heterocycles. The number of halogens is 1.